The molecule has 1 aliphatic carbocycles. The Balaban J connectivity index is 1.51. The summed E-state index contributed by atoms with van der Waals surface area (Å²) in [7, 11) is 0. The van der Waals surface area contributed by atoms with Gasteiger partial charge >= 0.3 is 0 Å². The van der Waals surface area contributed by atoms with Crippen LogP contribution in [0.1, 0.15) is 48.3 Å². The number of amides is 1. The smallest absolute Gasteiger partial charge is 0.227 e. The lowest BCUT2D eigenvalue weighted by atomic mass is 9.75. The van der Waals surface area contributed by atoms with E-state index in [1.165, 1.54) is 12.1 Å². The molecule has 0 spiro atoms. The molecule has 1 amide bonds. The van der Waals surface area contributed by atoms with Crippen LogP contribution >= 0.6 is 0 Å². The van der Waals surface area contributed by atoms with E-state index < -0.39 is 6.04 Å². The molecule has 0 unspecified atom stereocenters. The van der Waals surface area contributed by atoms with Crippen molar-refractivity contribution >= 4 is 5.91 Å². The maximum atomic E-state index is 13.3. The Hall–Kier alpha value is -3.15. The minimum absolute atomic E-state index is 0.00642. The summed E-state index contributed by atoms with van der Waals surface area (Å²) >= 11 is 0. The van der Waals surface area contributed by atoms with E-state index in [9.17, 15) is 19.6 Å². The summed E-state index contributed by atoms with van der Waals surface area (Å²) in [6, 6.07) is 15.0. The number of carbonyl (C=O) groups excluding carboxylic acids is 1. The summed E-state index contributed by atoms with van der Waals surface area (Å²) in [5.41, 5.74) is 2.28. The first-order valence-corrected chi connectivity index (χ1v) is 10.3. The summed E-state index contributed by atoms with van der Waals surface area (Å²) in [5.74, 6) is 5.40. The molecule has 152 valence electrons. The number of carbonyl (C=O) groups is 1. The minimum atomic E-state index is -0.556. The molecular formula is C25H23FN2O2. The number of nitriles is 1. The normalized spacial score (nSPS) is 23.2. The molecule has 4 nitrogen and oxygen atoms in total. The summed E-state index contributed by atoms with van der Waals surface area (Å²) in [6.07, 6.45) is 3.84. The van der Waals surface area contributed by atoms with Crippen molar-refractivity contribution in [2.75, 3.05) is 6.61 Å². The average Bonchev–Trinajstić information content (AvgIpc) is 3.28. The van der Waals surface area contributed by atoms with Crippen LogP contribution in [0.25, 0.3) is 0 Å². The zero-order chi connectivity index (χ0) is 21.1. The fourth-order valence-electron chi connectivity index (χ4n) is 4.59. The van der Waals surface area contributed by atoms with E-state index in [0.717, 1.165) is 36.8 Å². The predicted octanol–water partition coefficient (Wildman–Crippen LogP) is 3.59. The molecule has 2 aromatic rings. The Bertz CT molecular complexity index is 1030. The molecule has 2 fully saturated rings. The van der Waals surface area contributed by atoms with E-state index >= 15 is 0 Å². The van der Waals surface area contributed by atoms with Gasteiger partial charge in [-0.25, -0.2) is 4.39 Å². The second kappa shape index (κ2) is 8.69. The highest BCUT2D eigenvalue weighted by atomic mass is 19.1. The van der Waals surface area contributed by atoms with Crippen LogP contribution in [0.4, 0.5) is 4.39 Å². The van der Waals surface area contributed by atoms with Crippen molar-refractivity contribution in [2.24, 2.45) is 5.92 Å². The van der Waals surface area contributed by atoms with Crippen molar-refractivity contribution in [3.05, 3.63) is 71.0 Å². The van der Waals surface area contributed by atoms with Crippen molar-refractivity contribution in [1.29, 1.82) is 5.26 Å². The minimum Gasteiger partial charge on any atom is -0.394 e. The van der Waals surface area contributed by atoms with Gasteiger partial charge < -0.3 is 10.0 Å². The highest BCUT2D eigenvalue weighted by Gasteiger charge is 2.52. The number of aliphatic hydroxyl groups is 1. The number of likely N-dealkylation sites (tertiary alicyclic amines) is 1. The Morgan fingerprint density at radius 1 is 1.10 bits per heavy atom. The summed E-state index contributed by atoms with van der Waals surface area (Å²) < 4.78 is 13.3. The van der Waals surface area contributed by atoms with Crippen LogP contribution in [0.3, 0.4) is 0 Å². The summed E-state index contributed by atoms with van der Waals surface area (Å²) in [6.45, 7) is -0.164. The van der Waals surface area contributed by atoms with Gasteiger partial charge in [0.15, 0.2) is 0 Å². The SMILES string of the molecule is N#C[C@@H]1[C@H](c2ccc(C#Cc3cccc(F)c3)cc2)[C@@H](CO)N1C(=O)C1CCCC1. The predicted molar refractivity (Wildman–Crippen MR) is 111 cm³/mol. The third kappa shape index (κ3) is 3.82. The average molecular weight is 402 g/mol. The maximum Gasteiger partial charge on any atom is 0.227 e. The van der Waals surface area contributed by atoms with Crippen LogP contribution in [-0.4, -0.2) is 34.6 Å². The third-order valence-electron chi connectivity index (χ3n) is 6.16. The van der Waals surface area contributed by atoms with Gasteiger partial charge in [0, 0.05) is 23.0 Å². The highest BCUT2D eigenvalue weighted by molar-refractivity contribution is 5.82. The van der Waals surface area contributed by atoms with Gasteiger partial charge in [-0.2, -0.15) is 5.26 Å². The van der Waals surface area contributed by atoms with E-state index in [0.29, 0.717) is 5.56 Å². The number of nitrogens with zero attached hydrogens (tertiary/aromatic N) is 2. The first-order chi connectivity index (χ1) is 14.6. The van der Waals surface area contributed by atoms with Crippen LogP contribution < -0.4 is 0 Å². The quantitative estimate of drug-likeness (QED) is 0.798. The Labute approximate surface area is 175 Å². The zero-order valence-corrected chi connectivity index (χ0v) is 16.6. The van der Waals surface area contributed by atoms with Crippen molar-refractivity contribution < 1.29 is 14.3 Å². The molecule has 2 aliphatic rings. The standard InChI is InChI=1S/C25H23FN2O2/c26-21-7-3-4-18(14-21)9-8-17-10-12-19(13-11-17)24-22(15-27)28(23(24)16-29)25(30)20-5-1-2-6-20/h3-4,7,10-14,20,22-24,29H,1-2,5-6,16H2/t22-,23-,24+/m1/s1. The van der Waals surface area contributed by atoms with Crippen molar-refractivity contribution in [2.45, 2.75) is 43.7 Å². The van der Waals surface area contributed by atoms with E-state index in [1.54, 1.807) is 17.0 Å². The molecule has 1 saturated carbocycles. The molecule has 0 radical (unpaired) electrons. The Kier molecular flexibility index (Phi) is 5.84. The molecule has 0 bridgehead atoms. The van der Waals surface area contributed by atoms with Crippen molar-refractivity contribution in [1.82, 2.24) is 4.90 Å². The van der Waals surface area contributed by atoms with Gasteiger partial charge in [-0.1, -0.05) is 42.9 Å². The number of aliphatic hydroxyl groups excluding tert-OH is 1. The number of halogens is 1. The van der Waals surface area contributed by atoms with Gasteiger partial charge in [0.1, 0.15) is 11.9 Å². The topological polar surface area (TPSA) is 64.3 Å². The Morgan fingerprint density at radius 3 is 2.43 bits per heavy atom. The van der Waals surface area contributed by atoms with Gasteiger partial charge in [0.25, 0.3) is 0 Å². The largest absolute Gasteiger partial charge is 0.394 e. The van der Waals surface area contributed by atoms with Crippen LogP contribution in [0.2, 0.25) is 0 Å². The van der Waals surface area contributed by atoms with Gasteiger partial charge in [-0.3, -0.25) is 4.79 Å². The molecule has 3 atom stereocenters. The van der Waals surface area contributed by atoms with Gasteiger partial charge in [0.05, 0.1) is 18.7 Å². The van der Waals surface area contributed by atoms with E-state index in [4.69, 9.17) is 0 Å². The van der Waals surface area contributed by atoms with Gasteiger partial charge in [-0.15, -0.1) is 0 Å². The fraction of sp³-hybridized carbons (Fsp3) is 0.360. The van der Waals surface area contributed by atoms with Gasteiger partial charge in [0.2, 0.25) is 5.91 Å². The number of hydrogen-bond acceptors (Lipinski definition) is 3. The second-order valence-electron chi connectivity index (χ2n) is 7.96. The lowest BCUT2D eigenvalue weighted by Crippen LogP contribution is -2.66. The highest BCUT2D eigenvalue weighted by Crippen LogP contribution is 2.42. The lowest BCUT2D eigenvalue weighted by molar-refractivity contribution is -0.151. The van der Waals surface area contributed by atoms with E-state index in [2.05, 4.69) is 17.9 Å². The molecule has 1 aliphatic heterocycles. The van der Waals surface area contributed by atoms with Crippen LogP contribution in [0.5, 0.6) is 0 Å². The molecule has 2 aromatic carbocycles. The van der Waals surface area contributed by atoms with Crippen molar-refractivity contribution in [3.63, 3.8) is 0 Å². The number of benzene rings is 2. The molecule has 0 aromatic heterocycles. The molecule has 5 heteroatoms. The molecule has 30 heavy (non-hydrogen) atoms. The molecular weight excluding hydrogens is 379 g/mol. The third-order valence-corrected chi connectivity index (χ3v) is 6.16. The van der Waals surface area contributed by atoms with Crippen LogP contribution in [0.15, 0.2) is 48.5 Å². The fourth-order valence-corrected chi connectivity index (χ4v) is 4.59. The van der Waals surface area contributed by atoms with Crippen molar-refractivity contribution in [3.8, 4) is 17.9 Å². The number of hydrogen-bond donors (Lipinski definition) is 1. The van der Waals surface area contributed by atoms with E-state index in [1.807, 2.05) is 24.3 Å². The molecule has 1 heterocycles. The monoisotopic (exact) mass is 402 g/mol. The summed E-state index contributed by atoms with van der Waals surface area (Å²) in [5, 5.41) is 19.6. The lowest BCUT2D eigenvalue weighted by Gasteiger charge is -2.52. The molecule has 4 rings (SSSR count). The molecule has 1 saturated heterocycles. The summed E-state index contributed by atoms with van der Waals surface area (Å²) in [4.78, 5) is 14.5. The molecule has 1 N–H and O–H groups in total. The van der Waals surface area contributed by atoms with Crippen LogP contribution in [0, 0.1) is 34.9 Å². The zero-order valence-electron chi connectivity index (χ0n) is 16.6. The first kappa shape index (κ1) is 20.1. The maximum absolute atomic E-state index is 13.3. The van der Waals surface area contributed by atoms with Crippen LogP contribution in [-0.2, 0) is 4.79 Å². The first-order valence-electron chi connectivity index (χ1n) is 10.3. The van der Waals surface area contributed by atoms with E-state index in [-0.39, 0.29) is 36.2 Å². The number of rotatable bonds is 3. The Morgan fingerprint density at radius 2 is 1.80 bits per heavy atom. The second-order valence-corrected chi connectivity index (χ2v) is 7.96. The van der Waals surface area contributed by atoms with Gasteiger partial charge in [-0.05, 0) is 48.7 Å².